The summed E-state index contributed by atoms with van der Waals surface area (Å²) in [7, 11) is 0. The summed E-state index contributed by atoms with van der Waals surface area (Å²) in [5.74, 6) is 1.04. The smallest absolute Gasteiger partial charge is 0.223 e. The van der Waals surface area contributed by atoms with Crippen LogP contribution in [0, 0.1) is 29.6 Å². The van der Waals surface area contributed by atoms with E-state index in [0.29, 0.717) is 45.2 Å². The zero-order chi connectivity index (χ0) is 23.4. The van der Waals surface area contributed by atoms with E-state index in [1.165, 1.54) is 10.9 Å². The predicted molar refractivity (Wildman–Crippen MR) is 119 cm³/mol. The molecule has 0 aliphatic carbocycles. The molecule has 4 rings (SSSR count). The summed E-state index contributed by atoms with van der Waals surface area (Å²) in [6.45, 7) is 1.79. The van der Waals surface area contributed by atoms with Crippen molar-refractivity contribution in [3.8, 4) is 40.7 Å². The molecule has 9 nitrogen and oxygen atoms in total. The van der Waals surface area contributed by atoms with E-state index in [-0.39, 0.29) is 12.4 Å². The molecule has 0 aliphatic rings. The maximum absolute atomic E-state index is 10.00. The average molecular weight is 437 g/mol. The highest BCUT2D eigenvalue weighted by molar-refractivity contribution is 5.68. The van der Waals surface area contributed by atoms with E-state index >= 15 is 0 Å². The zero-order valence-electron chi connectivity index (χ0n) is 17.7. The molecule has 0 radical (unpaired) electrons. The molecule has 162 valence electrons. The molecule has 3 N–H and O–H groups in total. The molecule has 0 fully saturated rings. The summed E-state index contributed by atoms with van der Waals surface area (Å²) in [5, 5.41) is 33.1. The third-order valence-corrected chi connectivity index (χ3v) is 4.90. The highest BCUT2D eigenvalue weighted by Gasteiger charge is 2.15. The molecular formula is C24H19N7O2. The number of rotatable bonds is 6. The maximum Gasteiger partial charge on any atom is 0.223 e. The van der Waals surface area contributed by atoms with Gasteiger partial charge in [-0.25, -0.2) is 9.67 Å². The van der Waals surface area contributed by atoms with E-state index < -0.39 is 6.10 Å². The second-order valence-corrected chi connectivity index (χ2v) is 7.16. The van der Waals surface area contributed by atoms with Gasteiger partial charge in [0.25, 0.3) is 0 Å². The standard InChI is InChI=1S/C24H19N7O2/c1-15-29-20(19-5-3-2-4-17(19)11-26)9-24(30-15)33-23-8-16(10-25)6-7-21(23)31-14-18(13-28-31)22(32)12-27/h2-9,13-14,22,32H,12,27H2,1H3/t22-/m0/s1. The van der Waals surface area contributed by atoms with Gasteiger partial charge in [0.15, 0.2) is 5.75 Å². The Balaban J connectivity index is 1.77. The Hall–Kier alpha value is -4.57. The first-order chi connectivity index (χ1) is 16.0. The van der Waals surface area contributed by atoms with E-state index in [4.69, 9.17) is 10.5 Å². The molecule has 0 saturated carbocycles. The minimum atomic E-state index is -0.839. The Labute approximate surface area is 190 Å². The predicted octanol–water partition coefficient (Wildman–Crippen LogP) is 3.17. The number of hydrogen-bond acceptors (Lipinski definition) is 8. The summed E-state index contributed by atoms with van der Waals surface area (Å²) < 4.78 is 7.62. The second-order valence-electron chi connectivity index (χ2n) is 7.16. The van der Waals surface area contributed by atoms with Crippen molar-refractivity contribution >= 4 is 0 Å². The lowest BCUT2D eigenvalue weighted by atomic mass is 10.1. The fourth-order valence-electron chi connectivity index (χ4n) is 3.28. The van der Waals surface area contributed by atoms with Crippen molar-refractivity contribution in [2.75, 3.05) is 6.54 Å². The summed E-state index contributed by atoms with van der Waals surface area (Å²) in [6.07, 6.45) is 2.32. The van der Waals surface area contributed by atoms with Gasteiger partial charge in [0.1, 0.15) is 11.5 Å². The number of nitriles is 2. The van der Waals surface area contributed by atoms with Gasteiger partial charge in [-0.05, 0) is 25.1 Å². The van der Waals surface area contributed by atoms with Crippen molar-refractivity contribution in [2.24, 2.45) is 5.73 Å². The Morgan fingerprint density at radius 3 is 2.70 bits per heavy atom. The monoisotopic (exact) mass is 437 g/mol. The second kappa shape index (κ2) is 9.28. The van der Waals surface area contributed by atoms with Crippen LogP contribution in [0.1, 0.15) is 28.6 Å². The first-order valence-corrected chi connectivity index (χ1v) is 10.0. The van der Waals surface area contributed by atoms with Crippen LogP contribution in [0.15, 0.2) is 60.9 Å². The van der Waals surface area contributed by atoms with Gasteiger partial charge in [0.05, 0.1) is 41.3 Å². The van der Waals surface area contributed by atoms with E-state index in [9.17, 15) is 15.6 Å². The fraction of sp³-hybridized carbons (Fsp3) is 0.125. The summed E-state index contributed by atoms with van der Waals surface area (Å²) >= 11 is 0. The molecule has 0 bridgehead atoms. The van der Waals surface area contributed by atoms with Crippen LogP contribution in [-0.2, 0) is 0 Å². The third kappa shape index (κ3) is 4.55. The summed E-state index contributed by atoms with van der Waals surface area (Å²) in [4.78, 5) is 8.81. The molecule has 2 heterocycles. The number of hydrogen-bond donors (Lipinski definition) is 2. The van der Waals surface area contributed by atoms with Gasteiger partial charge < -0.3 is 15.6 Å². The average Bonchev–Trinajstić information content (AvgIpc) is 3.33. The third-order valence-electron chi connectivity index (χ3n) is 4.90. The molecular weight excluding hydrogens is 418 g/mol. The Kier molecular flexibility index (Phi) is 6.09. The van der Waals surface area contributed by atoms with E-state index in [2.05, 4.69) is 27.2 Å². The van der Waals surface area contributed by atoms with E-state index in [0.717, 1.165) is 0 Å². The largest absolute Gasteiger partial charge is 0.437 e. The number of aliphatic hydroxyl groups is 1. The lowest BCUT2D eigenvalue weighted by molar-refractivity contribution is 0.186. The molecule has 0 saturated heterocycles. The maximum atomic E-state index is 10.00. The van der Waals surface area contributed by atoms with Gasteiger partial charge >= 0.3 is 0 Å². The Morgan fingerprint density at radius 1 is 1.12 bits per heavy atom. The Bertz CT molecular complexity index is 1400. The molecule has 2 aromatic carbocycles. The normalized spacial score (nSPS) is 11.4. The van der Waals surface area contributed by atoms with Crippen LogP contribution in [-0.4, -0.2) is 31.4 Å². The summed E-state index contributed by atoms with van der Waals surface area (Å²) in [6, 6.07) is 17.9. The molecule has 4 aromatic rings. The SMILES string of the molecule is Cc1nc(Oc2cc(C#N)ccc2-n2cc([C@@H](O)CN)cn2)cc(-c2ccccc2C#N)n1. The molecule has 33 heavy (non-hydrogen) atoms. The Morgan fingerprint density at radius 2 is 1.94 bits per heavy atom. The molecule has 0 amide bonds. The van der Waals surface area contributed by atoms with Crippen molar-refractivity contribution in [1.29, 1.82) is 10.5 Å². The molecule has 1 atom stereocenters. The number of nitrogens with two attached hydrogens (primary N) is 1. The quantitative estimate of drug-likeness (QED) is 0.467. The lowest BCUT2D eigenvalue weighted by Gasteiger charge is -2.13. The van der Waals surface area contributed by atoms with Gasteiger partial charge in [0.2, 0.25) is 5.88 Å². The van der Waals surface area contributed by atoms with Crippen molar-refractivity contribution < 1.29 is 9.84 Å². The molecule has 0 aliphatic heterocycles. The number of aryl methyl sites for hydroxylation is 1. The van der Waals surface area contributed by atoms with Crippen LogP contribution in [0.3, 0.4) is 0 Å². The van der Waals surface area contributed by atoms with Crippen LogP contribution >= 0.6 is 0 Å². The van der Waals surface area contributed by atoms with Gasteiger partial charge in [-0.1, -0.05) is 18.2 Å². The van der Waals surface area contributed by atoms with Crippen molar-refractivity contribution in [3.05, 3.63) is 83.4 Å². The number of aliphatic hydroxyl groups excluding tert-OH is 1. The van der Waals surface area contributed by atoms with Crippen LogP contribution in [0.5, 0.6) is 11.6 Å². The number of benzene rings is 2. The van der Waals surface area contributed by atoms with E-state index in [1.54, 1.807) is 55.6 Å². The van der Waals surface area contributed by atoms with Crippen LogP contribution < -0.4 is 10.5 Å². The molecule has 9 heteroatoms. The first kappa shape index (κ1) is 21.7. The van der Waals surface area contributed by atoms with Gasteiger partial charge in [-0.2, -0.15) is 20.6 Å². The van der Waals surface area contributed by atoms with Crippen molar-refractivity contribution in [3.63, 3.8) is 0 Å². The summed E-state index contributed by atoms with van der Waals surface area (Å²) in [5.41, 5.74) is 8.71. The van der Waals surface area contributed by atoms with E-state index in [1.807, 2.05) is 6.07 Å². The van der Waals surface area contributed by atoms with Gasteiger partial charge in [-0.3, -0.25) is 0 Å². The van der Waals surface area contributed by atoms with Crippen LogP contribution in [0.25, 0.3) is 16.9 Å². The van der Waals surface area contributed by atoms with Crippen molar-refractivity contribution in [2.45, 2.75) is 13.0 Å². The number of aromatic nitrogens is 4. The molecule has 0 spiro atoms. The van der Waals surface area contributed by atoms with Gasteiger partial charge in [-0.15, -0.1) is 0 Å². The minimum absolute atomic E-state index is 0.0651. The minimum Gasteiger partial charge on any atom is -0.437 e. The lowest BCUT2D eigenvalue weighted by Crippen LogP contribution is -2.10. The fourth-order valence-corrected chi connectivity index (χ4v) is 3.28. The topological polar surface area (TPSA) is 147 Å². The van der Waals surface area contributed by atoms with Crippen molar-refractivity contribution in [1.82, 2.24) is 19.7 Å². The number of ether oxygens (including phenoxy) is 1. The highest BCUT2D eigenvalue weighted by atomic mass is 16.5. The van der Waals surface area contributed by atoms with Crippen LogP contribution in [0.2, 0.25) is 0 Å². The van der Waals surface area contributed by atoms with Gasteiger partial charge in [0, 0.05) is 36.0 Å². The highest BCUT2D eigenvalue weighted by Crippen LogP contribution is 2.31. The zero-order valence-corrected chi connectivity index (χ0v) is 17.7. The molecule has 2 aromatic heterocycles. The number of nitrogens with zero attached hydrogens (tertiary/aromatic N) is 6. The molecule has 0 unspecified atom stereocenters. The first-order valence-electron chi connectivity index (χ1n) is 10.0. The van der Waals surface area contributed by atoms with Crippen LogP contribution in [0.4, 0.5) is 0 Å².